The van der Waals surface area contributed by atoms with Gasteiger partial charge in [-0.25, -0.2) is 4.79 Å². The molecule has 0 bridgehead atoms. The normalized spacial score (nSPS) is 12.3. The Morgan fingerprint density at radius 1 is 1.53 bits per heavy atom. The topological polar surface area (TPSA) is 29.5 Å². The van der Waals surface area contributed by atoms with Gasteiger partial charge in [0.1, 0.15) is 6.73 Å². The van der Waals surface area contributed by atoms with E-state index in [0.717, 1.165) is 13.0 Å². The highest BCUT2D eigenvalue weighted by Crippen LogP contribution is 2.05. The van der Waals surface area contributed by atoms with Gasteiger partial charge in [0.25, 0.3) is 0 Å². The minimum absolute atomic E-state index is 0.257. The number of hydrogen-bond donors (Lipinski definition) is 0. The summed E-state index contributed by atoms with van der Waals surface area (Å²) in [7, 11) is 0. The SMILES string of the molecule is C=CC(CC)N(CC)COC(=O)C(=C)C. The Labute approximate surface area is 92.4 Å². The molecule has 0 aliphatic carbocycles. The summed E-state index contributed by atoms with van der Waals surface area (Å²) < 4.78 is 5.08. The van der Waals surface area contributed by atoms with E-state index in [1.807, 2.05) is 17.9 Å². The van der Waals surface area contributed by atoms with Gasteiger partial charge in [-0.1, -0.05) is 26.5 Å². The molecule has 1 unspecified atom stereocenters. The molecule has 86 valence electrons. The quantitative estimate of drug-likeness (QED) is 0.280. The molecule has 0 aromatic heterocycles. The Morgan fingerprint density at radius 2 is 2.13 bits per heavy atom. The van der Waals surface area contributed by atoms with E-state index in [4.69, 9.17) is 4.74 Å². The monoisotopic (exact) mass is 211 g/mol. The van der Waals surface area contributed by atoms with Crippen molar-refractivity contribution in [3.63, 3.8) is 0 Å². The number of esters is 1. The zero-order chi connectivity index (χ0) is 11.8. The molecule has 0 N–H and O–H groups in total. The summed E-state index contributed by atoms with van der Waals surface area (Å²) in [4.78, 5) is 13.2. The lowest BCUT2D eigenvalue weighted by molar-refractivity contribution is -0.144. The van der Waals surface area contributed by atoms with Crippen LogP contribution in [0.1, 0.15) is 27.2 Å². The maximum atomic E-state index is 11.2. The summed E-state index contributed by atoms with van der Waals surface area (Å²) in [5.41, 5.74) is 0.428. The highest BCUT2D eigenvalue weighted by Gasteiger charge is 2.13. The van der Waals surface area contributed by atoms with E-state index in [0.29, 0.717) is 12.3 Å². The molecule has 0 radical (unpaired) electrons. The third-order valence-electron chi connectivity index (χ3n) is 2.28. The first-order chi connectivity index (χ1) is 7.06. The maximum Gasteiger partial charge on any atom is 0.334 e. The average molecular weight is 211 g/mol. The molecule has 0 rings (SSSR count). The summed E-state index contributed by atoms with van der Waals surface area (Å²) in [5.74, 6) is -0.340. The van der Waals surface area contributed by atoms with Crippen LogP contribution in [0.2, 0.25) is 0 Å². The minimum Gasteiger partial charge on any atom is -0.446 e. The Balaban J connectivity index is 4.15. The second kappa shape index (κ2) is 7.23. The van der Waals surface area contributed by atoms with Crippen LogP contribution in [-0.4, -0.2) is 30.2 Å². The van der Waals surface area contributed by atoms with Crippen molar-refractivity contribution in [2.75, 3.05) is 13.3 Å². The largest absolute Gasteiger partial charge is 0.446 e. The summed E-state index contributed by atoms with van der Waals surface area (Å²) in [6.45, 7) is 14.2. The first-order valence-electron chi connectivity index (χ1n) is 5.26. The minimum atomic E-state index is -0.340. The molecule has 0 saturated heterocycles. The standard InChI is InChI=1S/C12H21NO2/c1-6-11(7-2)13(8-3)9-15-12(14)10(4)5/h6,11H,1,4,7-9H2,2-3,5H3. The van der Waals surface area contributed by atoms with Crippen LogP contribution in [0.15, 0.2) is 24.8 Å². The molecule has 0 heterocycles. The smallest absolute Gasteiger partial charge is 0.334 e. The van der Waals surface area contributed by atoms with Crippen molar-refractivity contribution < 1.29 is 9.53 Å². The molecule has 3 heteroatoms. The Morgan fingerprint density at radius 3 is 2.47 bits per heavy atom. The fraction of sp³-hybridized carbons (Fsp3) is 0.583. The molecule has 0 fully saturated rings. The van der Waals surface area contributed by atoms with E-state index >= 15 is 0 Å². The fourth-order valence-electron chi connectivity index (χ4n) is 1.26. The Kier molecular flexibility index (Phi) is 6.71. The molecular weight excluding hydrogens is 190 g/mol. The van der Waals surface area contributed by atoms with E-state index in [2.05, 4.69) is 20.1 Å². The second-order valence-corrected chi connectivity index (χ2v) is 3.46. The van der Waals surface area contributed by atoms with Crippen molar-refractivity contribution >= 4 is 5.97 Å². The van der Waals surface area contributed by atoms with E-state index in [1.54, 1.807) is 6.92 Å². The lowest BCUT2D eigenvalue weighted by Gasteiger charge is -2.26. The van der Waals surface area contributed by atoms with Gasteiger partial charge >= 0.3 is 5.97 Å². The third-order valence-corrected chi connectivity index (χ3v) is 2.28. The molecule has 0 aliphatic rings. The predicted octanol–water partition coefficient (Wildman–Crippen LogP) is 2.35. The van der Waals surface area contributed by atoms with Crippen LogP contribution >= 0.6 is 0 Å². The van der Waals surface area contributed by atoms with E-state index < -0.39 is 0 Å². The summed E-state index contributed by atoms with van der Waals surface area (Å²) in [6, 6.07) is 0.257. The van der Waals surface area contributed by atoms with Crippen LogP contribution in [0.4, 0.5) is 0 Å². The van der Waals surface area contributed by atoms with E-state index in [-0.39, 0.29) is 12.0 Å². The van der Waals surface area contributed by atoms with Crippen molar-refractivity contribution in [1.29, 1.82) is 0 Å². The summed E-state index contributed by atoms with van der Waals surface area (Å²) in [5, 5.41) is 0. The number of likely N-dealkylation sites (N-methyl/N-ethyl adjacent to an activating group) is 1. The highest BCUT2D eigenvalue weighted by atomic mass is 16.5. The predicted molar refractivity (Wildman–Crippen MR) is 62.4 cm³/mol. The van der Waals surface area contributed by atoms with Crippen molar-refractivity contribution in [3.05, 3.63) is 24.8 Å². The van der Waals surface area contributed by atoms with Gasteiger partial charge in [-0.05, 0) is 19.9 Å². The molecule has 1 atom stereocenters. The van der Waals surface area contributed by atoms with Crippen LogP contribution in [0.5, 0.6) is 0 Å². The molecule has 0 aliphatic heterocycles. The molecule has 3 nitrogen and oxygen atoms in total. The summed E-state index contributed by atoms with van der Waals surface area (Å²) >= 11 is 0. The fourth-order valence-corrected chi connectivity index (χ4v) is 1.26. The number of carbonyl (C=O) groups excluding carboxylic acids is 1. The van der Waals surface area contributed by atoms with Gasteiger partial charge in [0.2, 0.25) is 0 Å². The van der Waals surface area contributed by atoms with Crippen LogP contribution in [0.25, 0.3) is 0 Å². The molecule has 0 spiro atoms. The lowest BCUT2D eigenvalue weighted by atomic mass is 10.2. The van der Waals surface area contributed by atoms with Gasteiger partial charge in [0.05, 0.1) is 0 Å². The molecule has 0 saturated carbocycles. The van der Waals surface area contributed by atoms with Crippen molar-refractivity contribution in [2.45, 2.75) is 33.2 Å². The third kappa shape index (κ3) is 4.79. The van der Waals surface area contributed by atoms with Gasteiger partial charge < -0.3 is 4.74 Å². The second-order valence-electron chi connectivity index (χ2n) is 3.46. The van der Waals surface area contributed by atoms with Crippen LogP contribution in [0, 0.1) is 0 Å². The van der Waals surface area contributed by atoms with Gasteiger partial charge in [0.15, 0.2) is 0 Å². The number of nitrogens with zero attached hydrogens (tertiary/aromatic N) is 1. The number of carbonyl (C=O) groups is 1. The molecule has 0 aromatic rings. The first-order valence-corrected chi connectivity index (χ1v) is 5.26. The van der Waals surface area contributed by atoms with Gasteiger partial charge in [-0.2, -0.15) is 0 Å². The van der Waals surface area contributed by atoms with Crippen molar-refractivity contribution in [3.8, 4) is 0 Å². The van der Waals surface area contributed by atoms with E-state index in [1.165, 1.54) is 0 Å². The average Bonchev–Trinajstić information content (AvgIpc) is 2.23. The van der Waals surface area contributed by atoms with Gasteiger partial charge in [-0.15, -0.1) is 6.58 Å². The number of ether oxygens (including phenoxy) is 1. The molecule has 0 aromatic carbocycles. The van der Waals surface area contributed by atoms with Gasteiger partial charge in [-0.3, -0.25) is 4.90 Å². The van der Waals surface area contributed by atoms with Crippen molar-refractivity contribution in [1.82, 2.24) is 4.90 Å². The summed E-state index contributed by atoms with van der Waals surface area (Å²) in [6.07, 6.45) is 2.83. The maximum absolute atomic E-state index is 11.2. The first kappa shape index (κ1) is 13.9. The molecular formula is C12H21NO2. The Bertz CT molecular complexity index is 236. The zero-order valence-electron chi connectivity index (χ0n) is 9.95. The number of hydrogen-bond acceptors (Lipinski definition) is 3. The van der Waals surface area contributed by atoms with Crippen LogP contribution < -0.4 is 0 Å². The molecule has 0 amide bonds. The van der Waals surface area contributed by atoms with Crippen LogP contribution in [-0.2, 0) is 9.53 Å². The van der Waals surface area contributed by atoms with Crippen molar-refractivity contribution in [2.24, 2.45) is 0 Å². The number of rotatable bonds is 7. The highest BCUT2D eigenvalue weighted by molar-refractivity contribution is 5.86. The zero-order valence-corrected chi connectivity index (χ0v) is 9.95. The van der Waals surface area contributed by atoms with Gasteiger partial charge in [0, 0.05) is 11.6 Å². The van der Waals surface area contributed by atoms with Crippen LogP contribution in [0.3, 0.4) is 0 Å². The Hall–Kier alpha value is -1.09. The molecule has 15 heavy (non-hydrogen) atoms. The lowest BCUT2D eigenvalue weighted by Crippen LogP contribution is -2.36. The van der Waals surface area contributed by atoms with E-state index in [9.17, 15) is 4.79 Å².